The standard InChI is InChI=1S/C10H20N2O2S/c1-2-8-3-4-12(5-8)10-7-15(13,14)6-9(10)11/h8-10H,2-7,11H2,1H3. The average molecular weight is 232 g/mol. The Kier molecular flexibility index (Phi) is 3.05. The smallest absolute Gasteiger partial charge is 0.153 e. The highest BCUT2D eigenvalue weighted by molar-refractivity contribution is 7.91. The topological polar surface area (TPSA) is 63.4 Å². The van der Waals surface area contributed by atoms with E-state index in [1.54, 1.807) is 0 Å². The Labute approximate surface area is 91.7 Å². The zero-order valence-corrected chi connectivity index (χ0v) is 10.0. The number of hydrogen-bond donors (Lipinski definition) is 1. The fraction of sp³-hybridized carbons (Fsp3) is 1.00. The Morgan fingerprint density at radius 1 is 1.40 bits per heavy atom. The van der Waals surface area contributed by atoms with E-state index >= 15 is 0 Å². The third-order valence-corrected chi connectivity index (χ3v) is 5.47. The van der Waals surface area contributed by atoms with E-state index in [2.05, 4.69) is 11.8 Å². The van der Waals surface area contributed by atoms with E-state index in [9.17, 15) is 8.42 Å². The normalized spacial score (nSPS) is 41.1. The molecule has 0 bridgehead atoms. The Morgan fingerprint density at radius 2 is 2.13 bits per heavy atom. The third-order valence-electron chi connectivity index (χ3n) is 3.73. The van der Waals surface area contributed by atoms with Gasteiger partial charge in [0.25, 0.3) is 0 Å². The van der Waals surface area contributed by atoms with E-state index in [4.69, 9.17) is 5.73 Å². The first-order valence-corrected chi connectivity index (χ1v) is 7.54. The van der Waals surface area contributed by atoms with Crippen LogP contribution >= 0.6 is 0 Å². The largest absolute Gasteiger partial charge is 0.325 e. The molecule has 0 spiro atoms. The summed E-state index contributed by atoms with van der Waals surface area (Å²) in [6, 6.07) is -0.0999. The first kappa shape index (κ1) is 11.4. The van der Waals surface area contributed by atoms with Crippen molar-refractivity contribution in [3.05, 3.63) is 0 Å². The predicted molar refractivity (Wildman–Crippen MR) is 60.4 cm³/mol. The van der Waals surface area contributed by atoms with Crippen molar-refractivity contribution in [1.29, 1.82) is 0 Å². The predicted octanol–water partition coefficient (Wildman–Crippen LogP) is -0.157. The Balaban J connectivity index is 2.01. The highest BCUT2D eigenvalue weighted by Crippen LogP contribution is 2.25. The molecule has 0 amide bonds. The van der Waals surface area contributed by atoms with Crippen molar-refractivity contribution in [2.45, 2.75) is 31.8 Å². The van der Waals surface area contributed by atoms with Crippen LogP contribution in [0.25, 0.3) is 0 Å². The summed E-state index contributed by atoms with van der Waals surface area (Å²) in [6.07, 6.45) is 2.38. The molecule has 15 heavy (non-hydrogen) atoms. The molecule has 3 atom stereocenters. The highest BCUT2D eigenvalue weighted by Gasteiger charge is 2.40. The van der Waals surface area contributed by atoms with E-state index in [1.807, 2.05) is 0 Å². The third kappa shape index (κ3) is 2.34. The monoisotopic (exact) mass is 232 g/mol. The molecule has 0 saturated carbocycles. The summed E-state index contributed by atoms with van der Waals surface area (Å²) in [4.78, 5) is 2.28. The summed E-state index contributed by atoms with van der Waals surface area (Å²) in [6.45, 7) is 4.25. The van der Waals surface area contributed by atoms with Crippen molar-refractivity contribution < 1.29 is 8.42 Å². The van der Waals surface area contributed by atoms with Gasteiger partial charge < -0.3 is 5.73 Å². The van der Waals surface area contributed by atoms with E-state index in [1.165, 1.54) is 12.8 Å². The van der Waals surface area contributed by atoms with Crippen molar-refractivity contribution in [2.24, 2.45) is 11.7 Å². The zero-order valence-electron chi connectivity index (χ0n) is 9.22. The van der Waals surface area contributed by atoms with Crippen molar-refractivity contribution in [3.8, 4) is 0 Å². The molecule has 0 aromatic carbocycles. The lowest BCUT2D eigenvalue weighted by molar-refractivity contribution is 0.235. The molecular formula is C10H20N2O2S. The summed E-state index contributed by atoms with van der Waals surface area (Å²) in [5.41, 5.74) is 5.90. The minimum atomic E-state index is -2.87. The van der Waals surface area contributed by atoms with Gasteiger partial charge in [-0.1, -0.05) is 13.3 Å². The number of sulfone groups is 1. The SMILES string of the molecule is CCC1CCN(C2CS(=O)(=O)CC2N)C1. The van der Waals surface area contributed by atoms with Gasteiger partial charge >= 0.3 is 0 Å². The molecular weight excluding hydrogens is 212 g/mol. The first-order valence-electron chi connectivity index (χ1n) is 5.72. The molecule has 2 aliphatic rings. The molecule has 2 heterocycles. The van der Waals surface area contributed by atoms with Crippen molar-refractivity contribution in [3.63, 3.8) is 0 Å². The summed E-state index contributed by atoms with van der Waals surface area (Å²) >= 11 is 0. The van der Waals surface area contributed by atoms with Crippen LogP contribution < -0.4 is 5.73 Å². The maximum atomic E-state index is 11.5. The number of hydrogen-bond acceptors (Lipinski definition) is 4. The fourth-order valence-electron chi connectivity index (χ4n) is 2.73. The second-order valence-corrected chi connectivity index (χ2v) is 7.02. The lowest BCUT2D eigenvalue weighted by Gasteiger charge is -2.25. The maximum absolute atomic E-state index is 11.5. The summed E-state index contributed by atoms with van der Waals surface area (Å²) in [7, 11) is -2.87. The lowest BCUT2D eigenvalue weighted by Crippen LogP contribution is -2.45. The maximum Gasteiger partial charge on any atom is 0.153 e. The van der Waals surface area contributed by atoms with Gasteiger partial charge in [-0.2, -0.15) is 0 Å². The van der Waals surface area contributed by atoms with Crippen LogP contribution in [0.1, 0.15) is 19.8 Å². The van der Waals surface area contributed by atoms with Gasteiger partial charge in [-0.25, -0.2) is 8.42 Å². The van der Waals surface area contributed by atoms with Crippen LogP contribution in [0, 0.1) is 5.92 Å². The van der Waals surface area contributed by atoms with Gasteiger partial charge in [0.05, 0.1) is 11.5 Å². The van der Waals surface area contributed by atoms with Gasteiger partial charge in [0.1, 0.15) is 0 Å². The quantitative estimate of drug-likeness (QED) is 0.719. The molecule has 2 aliphatic heterocycles. The fourth-order valence-corrected chi connectivity index (χ4v) is 4.65. The molecule has 0 radical (unpaired) electrons. The first-order chi connectivity index (χ1) is 7.02. The molecule has 5 heteroatoms. The van der Waals surface area contributed by atoms with Crippen LogP contribution in [-0.4, -0.2) is 50.0 Å². The number of nitrogens with two attached hydrogens (primary N) is 1. The second kappa shape index (κ2) is 4.03. The molecule has 88 valence electrons. The summed E-state index contributed by atoms with van der Waals surface area (Å²) < 4.78 is 22.9. The van der Waals surface area contributed by atoms with Crippen molar-refractivity contribution in [2.75, 3.05) is 24.6 Å². The van der Waals surface area contributed by atoms with Crippen molar-refractivity contribution >= 4 is 9.84 Å². The number of likely N-dealkylation sites (tertiary alicyclic amines) is 1. The zero-order chi connectivity index (χ0) is 11.1. The van der Waals surface area contributed by atoms with E-state index < -0.39 is 9.84 Å². The molecule has 0 aliphatic carbocycles. The van der Waals surface area contributed by atoms with Crippen LogP contribution in [0.15, 0.2) is 0 Å². The van der Waals surface area contributed by atoms with E-state index in [-0.39, 0.29) is 23.6 Å². The summed E-state index contributed by atoms with van der Waals surface area (Å²) in [5.74, 6) is 1.18. The van der Waals surface area contributed by atoms with Crippen LogP contribution in [0.3, 0.4) is 0 Å². The molecule has 0 aromatic heterocycles. The molecule has 2 N–H and O–H groups in total. The molecule has 0 aromatic rings. The van der Waals surface area contributed by atoms with Crippen LogP contribution in [0.4, 0.5) is 0 Å². The summed E-state index contributed by atoms with van der Waals surface area (Å²) in [5, 5.41) is 0. The molecule has 2 fully saturated rings. The van der Waals surface area contributed by atoms with Crippen molar-refractivity contribution in [1.82, 2.24) is 4.90 Å². The van der Waals surface area contributed by atoms with Gasteiger partial charge in [-0.15, -0.1) is 0 Å². The van der Waals surface area contributed by atoms with Crippen LogP contribution in [0.2, 0.25) is 0 Å². The van der Waals surface area contributed by atoms with Crippen LogP contribution in [-0.2, 0) is 9.84 Å². The Hall–Kier alpha value is -0.130. The van der Waals surface area contributed by atoms with Gasteiger partial charge in [0.2, 0.25) is 0 Å². The highest BCUT2D eigenvalue weighted by atomic mass is 32.2. The minimum Gasteiger partial charge on any atom is -0.325 e. The van der Waals surface area contributed by atoms with Gasteiger partial charge in [-0.05, 0) is 18.9 Å². The van der Waals surface area contributed by atoms with E-state index in [0.717, 1.165) is 19.0 Å². The lowest BCUT2D eigenvalue weighted by atomic mass is 10.1. The van der Waals surface area contributed by atoms with Gasteiger partial charge in [0.15, 0.2) is 9.84 Å². The average Bonchev–Trinajstić information content (AvgIpc) is 2.69. The minimum absolute atomic E-state index is 0.0755. The van der Waals surface area contributed by atoms with Crippen LogP contribution in [0.5, 0.6) is 0 Å². The van der Waals surface area contributed by atoms with Gasteiger partial charge in [-0.3, -0.25) is 4.90 Å². The molecule has 4 nitrogen and oxygen atoms in total. The molecule has 2 saturated heterocycles. The second-order valence-electron chi connectivity index (χ2n) is 4.87. The van der Waals surface area contributed by atoms with E-state index in [0.29, 0.717) is 0 Å². The Morgan fingerprint density at radius 3 is 2.60 bits per heavy atom. The number of nitrogens with zero attached hydrogens (tertiary/aromatic N) is 1. The molecule has 3 unspecified atom stereocenters. The number of rotatable bonds is 2. The van der Waals surface area contributed by atoms with Gasteiger partial charge in [0, 0.05) is 18.6 Å². The Bertz CT molecular complexity index is 328. The molecule has 2 rings (SSSR count).